The summed E-state index contributed by atoms with van der Waals surface area (Å²) in [5.74, 6) is -1.12. The molecular weight excluding hydrogens is 290 g/mol. The highest BCUT2D eigenvalue weighted by Gasteiger charge is 2.26. The minimum atomic E-state index is -0.660. The van der Waals surface area contributed by atoms with E-state index in [1.807, 2.05) is 18.2 Å². The van der Waals surface area contributed by atoms with Gasteiger partial charge in [0.25, 0.3) is 0 Å². The summed E-state index contributed by atoms with van der Waals surface area (Å²) in [5.41, 5.74) is 0.277. The molecule has 1 atom stereocenters. The molecule has 0 radical (unpaired) electrons. The van der Waals surface area contributed by atoms with Gasteiger partial charge in [-0.1, -0.05) is 36.9 Å². The first-order chi connectivity index (χ1) is 9.74. The van der Waals surface area contributed by atoms with E-state index in [-0.39, 0.29) is 17.4 Å². The second-order valence-corrected chi connectivity index (χ2v) is 5.84. The molecule has 1 unspecified atom stereocenters. The number of carbonyl (C=O) groups is 2. The fraction of sp³-hybridized carbons (Fsp3) is 0.375. The Morgan fingerprint density at radius 3 is 2.33 bits per heavy atom. The Kier molecular flexibility index (Phi) is 5.97. The van der Waals surface area contributed by atoms with E-state index >= 15 is 0 Å². The van der Waals surface area contributed by atoms with Gasteiger partial charge >= 0.3 is 5.97 Å². The maximum atomic E-state index is 12.1. The predicted octanol–water partition coefficient (Wildman–Crippen LogP) is 2.98. The van der Waals surface area contributed by atoms with Crippen LogP contribution in [-0.2, 0) is 14.3 Å². The van der Waals surface area contributed by atoms with Crippen LogP contribution in [0.5, 0.6) is 0 Å². The van der Waals surface area contributed by atoms with E-state index in [9.17, 15) is 9.59 Å². The monoisotopic (exact) mass is 309 g/mol. The summed E-state index contributed by atoms with van der Waals surface area (Å²) < 4.78 is 5.29. The molecule has 0 heterocycles. The molecule has 114 valence electrons. The molecule has 0 aliphatic heterocycles. The van der Waals surface area contributed by atoms with Gasteiger partial charge in [-0.15, -0.1) is 11.6 Å². The fourth-order valence-electron chi connectivity index (χ4n) is 1.68. The average Bonchev–Trinajstić information content (AvgIpc) is 2.42. The first kappa shape index (κ1) is 17.2. The molecule has 4 nitrogen and oxygen atoms in total. The van der Waals surface area contributed by atoms with Crippen LogP contribution < -0.4 is 5.32 Å². The SMILES string of the molecule is C=C(C(=O)OC(C)(C)C)C(NC(=O)CCl)c1ccccc1. The smallest absolute Gasteiger partial charge is 0.336 e. The Hall–Kier alpha value is -1.81. The zero-order valence-electron chi connectivity index (χ0n) is 12.5. The van der Waals surface area contributed by atoms with Gasteiger partial charge < -0.3 is 10.1 Å². The van der Waals surface area contributed by atoms with Crippen molar-refractivity contribution < 1.29 is 14.3 Å². The summed E-state index contributed by atoms with van der Waals surface area (Å²) in [6, 6.07) is 8.42. The van der Waals surface area contributed by atoms with Gasteiger partial charge in [-0.2, -0.15) is 0 Å². The number of benzene rings is 1. The molecule has 0 spiro atoms. The summed E-state index contributed by atoms with van der Waals surface area (Å²) in [5, 5.41) is 2.68. The normalized spacial score (nSPS) is 12.4. The van der Waals surface area contributed by atoms with Crippen molar-refractivity contribution >= 4 is 23.5 Å². The number of hydrogen-bond acceptors (Lipinski definition) is 3. The van der Waals surface area contributed by atoms with Crippen LogP contribution in [-0.4, -0.2) is 23.4 Å². The van der Waals surface area contributed by atoms with Gasteiger partial charge in [0.1, 0.15) is 11.5 Å². The van der Waals surface area contributed by atoms with Crippen molar-refractivity contribution in [2.24, 2.45) is 0 Å². The number of halogens is 1. The van der Waals surface area contributed by atoms with E-state index < -0.39 is 17.6 Å². The second kappa shape index (κ2) is 7.27. The van der Waals surface area contributed by atoms with Crippen molar-refractivity contribution in [1.29, 1.82) is 0 Å². The van der Waals surface area contributed by atoms with Crippen molar-refractivity contribution in [2.45, 2.75) is 32.4 Å². The van der Waals surface area contributed by atoms with Gasteiger partial charge in [0.2, 0.25) is 5.91 Å². The molecule has 0 aliphatic carbocycles. The summed E-state index contributed by atoms with van der Waals surface area (Å²) >= 11 is 5.52. The lowest BCUT2D eigenvalue weighted by Gasteiger charge is -2.24. The minimum Gasteiger partial charge on any atom is -0.457 e. The fourth-order valence-corrected chi connectivity index (χ4v) is 1.76. The molecule has 0 saturated heterocycles. The maximum Gasteiger partial charge on any atom is 0.336 e. The van der Waals surface area contributed by atoms with E-state index in [0.717, 1.165) is 5.56 Å². The Labute approximate surface area is 130 Å². The van der Waals surface area contributed by atoms with Crippen molar-refractivity contribution in [3.05, 3.63) is 48.0 Å². The van der Waals surface area contributed by atoms with Crippen molar-refractivity contribution in [3.8, 4) is 0 Å². The lowest BCUT2D eigenvalue weighted by atomic mass is 9.99. The highest BCUT2D eigenvalue weighted by molar-refractivity contribution is 6.27. The van der Waals surface area contributed by atoms with E-state index in [0.29, 0.717) is 0 Å². The molecule has 1 aromatic rings. The number of ether oxygens (including phenoxy) is 1. The third-order valence-corrected chi connectivity index (χ3v) is 2.81. The average molecular weight is 310 g/mol. The predicted molar refractivity (Wildman–Crippen MR) is 83.0 cm³/mol. The first-order valence-corrected chi connectivity index (χ1v) is 7.10. The topological polar surface area (TPSA) is 55.4 Å². The highest BCUT2D eigenvalue weighted by atomic mass is 35.5. The number of amides is 1. The number of alkyl halides is 1. The number of hydrogen-bond donors (Lipinski definition) is 1. The van der Waals surface area contributed by atoms with Gasteiger partial charge in [-0.05, 0) is 26.3 Å². The Morgan fingerprint density at radius 2 is 1.86 bits per heavy atom. The van der Waals surface area contributed by atoms with Gasteiger partial charge in [-0.3, -0.25) is 4.79 Å². The molecule has 0 aliphatic rings. The maximum absolute atomic E-state index is 12.1. The van der Waals surface area contributed by atoms with Crippen molar-refractivity contribution in [1.82, 2.24) is 5.32 Å². The van der Waals surface area contributed by atoms with Crippen LogP contribution in [0.4, 0.5) is 0 Å². The summed E-state index contributed by atoms with van der Waals surface area (Å²) in [6.07, 6.45) is 0. The minimum absolute atomic E-state index is 0.162. The van der Waals surface area contributed by atoms with E-state index in [1.165, 1.54) is 0 Å². The molecule has 0 bridgehead atoms. The van der Waals surface area contributed by atoms with Gasteiger partial charge in [0.05, 0.1) is 11.6 Å². The Morgan fingerprint density at radius 1 is 1.29 bits per heavy atom. The number of esters is 1. The number of nitrogens with one attached hydrogen (secondary N) is 1. The van der Waals surface area contributed by atoms with E-state index in [1.54, 1.807) is 32.9 Å². The molecule has 0 saturated carbocycles. The Bertz CT molecular complexity index is 520. The highest BCUT2D eigenvalue weighted by Crippen LogP contribution is 2.23. The molecule has 1 amide bonds. The van der Waals surface area contributed by atoms with Crippen LogP contribution in [0.1, 0.15) is 32.4 Å². The van der Waals surface area contributed by atoms with Gasteiger partial charge in [-0.25, -0.2) is 4.79 Å². The largest absolute Gasteiger partial charge is 0.457 e. The zero-order chi connectivity index (χ0) is 16.0. The standard InChI is InChI=1S/C16H20ClNO3/c1-11(15(20)21-16(2,3)4)14(18-13(19)10-17)12-8-6-5-7-9-12/h5-9,14H,1,10H2,2-4H3,(H,18,19). The van der Waals surface area contributed by atoms with Crippen LogP contribution in [0.15, 0.2) is 42.5 Å². The van der Waals surface area contributed by atoms with Crippen LogP contribution >= 0.6 is 11.6 Å². The summed E-state index contributed by atoms with van der Waals surface area (Å²) in [7, 11) is 0. The molecule has 21 heavy (non-hydrogen) atoms. The second-order valence-electron chi connectivity index (χ2n) is 5.57. The van der Waals surface area contributed by atoms with Crippen molar-refractivity contribution in [3.63, 3.8) is 0 Å². The van der Waals surface area contributed by atoms with E-state index in [4.69, 9.17) is 16.3 Å². The third-order valence-electron chi connectivity index (χ3n) is 2.57. The van der Waals surface area contributed by atoms with Gasteiger partial charge in [0, 0.05) is 0 Å². The summed E-state index contributed by atoms with van der Waals surface area (Å²) in [4.78, 5) is 23.7. The van der Waals surface area contributed by atoms with Crippen molar-refractivity contribution in [2.75, 3.05) is 5.88 Å². The quantitative estimate of drug-likeness (QED) is 0.517. The number of carbonyl (C=O) groups excluding carboxylic acids is 2. The summed E-state index contributed by atoms with van der Waals surface area (Å²) in [6.45, 7) is 9.08. The molecule has 1 aromatic carbocycles. The van der Waals surface area contributed by atoms with Crippen LogP contribution in [0, 0.1) is 0 Å². The first-order valence-electron chi connectivity index (χ1n) is 6.57. The molecule has 0 fully saturated rings. The molecule has 1 N–H and O–H groups in total. The van der Waals surface area contributed by atoms with Crippen LogP contribution in [0.2, 0.25) is 0 Å². The molecule has 0 aromatic heterocycles. The number of rotatable bonds is 5. The lowest BCUT2D eigenvalue weighted by molar-refractivity contribution is -0.150. The molecular formula is C16H20ClNO3. The Balaban J connectivity index is 2.99. The third kappa shape index (κ3) is 5.60. The van der Waals surface area contributed by atoms with E-state index in [2.05, 4.69) is 11.9 Å². The lowest BCUT2D eigenvalue weighted by Crippen LogP contribution is -2.34. The van der Waals surface area contributed by atoms with Gasteiger partial charge in [0.15, 0.2) is 0 Å². The molecule has 5 heteroatoms. The van der Waals surface area contributed by atoms with Crippen LogP contribution in [0.25, 0.3) is 0 Å². The van der Waals surface area contributed by atoms with Crippen LogP contribution in [0.3, 0.4) is 0 Å². The molecule has 1 rings (SSSR count). The zero-order valence-corrected chi connectivity index (χ0v) is 13.2.